The topological polar surface area (TPSA) is 98.8 Å². The fourth-order valence-electron chi connectivity index (χ4n) is 4.85. The van der Waals surface area contributed by atoms with Crippen LogP contribution in [-0.2, 0) is 0 Å². The van der Waals surface area contributed by atoms with Gasteiger partial charge in [0, 0.05) is 56.0 Å². The van der Waals surface area contributed by atoms with Gasteiger partial charge in [0.05, 0.1) is 11.2 Å². The fraction of sp³-hybridized carbons (Fsp3) is 0.258. The van der Waals surface area contributed by atoms with Crippen molar-refractivity contribution in [2.75, 3.05) is 43.9 Å². The van der Waals surface area contributed by atoms with E-state index in [1.165, 1.54) is 0 Å². The predicted octanol–water partition coefficient (Wildman–Crippen LogP) is 5.70. The largest absolute Gasteiger partial charge is 0.457 e. The Bertz CT molecular complexity index is 1460. The lowest BCUT2D eigenvalue weighted by Crippen LogP contribution is -2.42. The van der Waals surface area contributed by atoms with E-state index in [9.17, 15) is 9.59 Å². The molecule has 3 N–H and O–H groups in total. The highest BCUT2D eigenvalue weighted by atomic mass is 16.5. The van der Waals surface area contributed by atoms with Crippen LogP contribution in [0.3, 0.4) is 0 Å². The lowest BCUT2D eigenvalue weighted by atomic mass is 10.1. The van der Waals surface area contributed by atoms with Gasteiger partial charge < -0.3 is 25.6 Å². The molecule has 1 saturated heterocycles. The molecule has 2 heterocycles. The molecular weight excluding hydrogens is 504 g/mol. The molecule has 4 amide bonds. The first-order chi connectivity index (χ1) is 19.4. The first kappa shape index (κ1) is 27.0. The van der Waals surface area contributed by atoms with Crippen molar-refractivity contribution in [1.82, 2.24) is 20.1 Å². The number of carbonyl (C=O) groups excluding carboxylic acids is 2. The summed E-state index contributed by atoms with van der Waals surface area (Å²) < 4.78 is 5.82. The SMILES string of the molecule is Cc1cc(NC(=O)NCCN2CCC(N(C)C(=O)Nc3ccc(Oc4ccccc4)cc3)C2)c2ccccc2n1. The van der Waals surface area contributed by atoms with E-state index in [1.54, 1.807) is 4.90 Å². The van der Waals surface area contributed by atoms with Crippen LogP contribution >= 0.6 is 0 Å². The number of anilines is 2. The van der Waals surface area contributed by atoms with E-state index in [1.807, 2.05) is 98.9 Å². The van der Waals surface area contributed by atoms with Crippen molar-refractivity contribution in [2.45, 2.75) is 19.4 Å². The van der Waals surface area contributed by atoms with E-state index in [0.29, 0.717) is 24.5 Å². The molecule has 4 aromatic rings. The summed E-state index contributed by atoms with van der Waals surface area (Å²) in [6.45, 7) is 4.75. The summed E-state index contributed by atoms with van der Waals surface area (Å²) in [5.74, 6) is 1.47. The molecule has 0 radical (unpaired) electrons. The highest BCUT2D eigenvalue weighted by Gasteiger charge is 2.28. The summed E-state index contributed by atoms with van der Waals surface area (Å²) in [7, 11) is 1.82. The van der Waals surface area contributed by atoms with E-state index < -0.39 is 0 Å². The number of para-hydroxylation sites is 2. The van der Waals surface area contributed by atoms with Crippen LogP contribution in [0.25, 0.3) is 10.9 Å². The van der Waals surface area contributed by atoms with Crippen LogP contribution in [0.4, 0.5) is 21.0 Å². The molecule has 1 unspecified atom stereocenters. The number of urea groups is 2. The van der Waals surface area contributed by atoms with Crippen LogP contribution in [-0.4, -0.2) is 66.1 Å². The Hall–Kier alpha value is -4.63. The normalized spacial score (nSPS) is 15.0. The number of likely N-dealkylation sites (N-methyl/N-ethyl adjacent to an activating group) is 1. The number of hydrogen-bond donors (Lipinski definition) is 3. The van der Waals surface area contributed by atoms with E-state index >= 15 is 0 Å². The summed E-state index contributed by atoms with van der Waals surface area (Å²) in [4.78, 5) is 34.0. The van der Waals surface area contributed by atoms with Crippen LogP contribution in [0.2, 0.25) is 0 Å². The van der Waals surface area contributed by atoms with Crippen molar-refractivity contribution in [3.8, 4) is 11.5 Å². The third kappa shape index (κ3) is 6.86. The smallest absolute Gasteiger partial charge is 0.321 e. The number of benzene rings is 3. The third-order valence-electron chi connectivity index (χ3n) is 7.01. The zero-order valence-corrected chi connectivity index (χ0v) is 22.8. The lowest BCUT2D eigenvalue weighted by Gasteiger charge is -2.25. The van der Waals surface area contributed by atoms with Crippen molar-refractivity contribution >= 4 is 34.3 Å². The minimum atomic E-state index is -0.247. The summed E-state index contributed by atoms with van der Waals surface area (Å²) in [6, 6.07) is 26.2. The Balaban J connectivity index is 1.05. The van der Waals surface area contributed by atoms with Gasteiger partial charge in [0.2, 0.25) is 0 Å². The number of ether oxygens (including phenoxy) is 1. The van der Waals surface area contributed by atoms with E-state index in [0.717, 1.165) is 47.5 Å². The van der Waals surface area contributed by atoms with Crippen molar-refractivity contribution < 1.29 is 14.3 Å². The number of carbonyl (C=O) groups is 2. The lowest BCUT2D eigenvalue weighted by molar-refractivity contribution is 0.202. The maximum Gasteiger partial charge on any atom is 0.321 e. The molecule has 0 spiro atoms. The molecule has 1 fully saturated rings. The zero-order valence-electron chi connectivity index (χ0n) is 22.8. The minimum absolute atomic E-state index is 0.0978. The number of amides is 4. The quantitative estimate of drug-likeness (QED) is 0.268. The molecule has 1 aromatic heterocycles. The molecule has 40 heavy (non-hydrogen) atoms. The van der Waals surface area contributed by atoms with Crippen LogP contribution in [0.1, 0.15) is 12.1 Å². The van der Waals surface area contributed by atoms with Gasteiger partial charge in [-0.2, -0.15) is 0 Å². The van der Waals surface area contributed by atoms with Crippen molar-refractivity contribution in [3.05, 3.63) is 90.6 Å². The van der Waals surface area contributed by atoms with E-state index in [-0.39, 0.29) is 18.1 Å². The molecule has 206 valence electrons. The summed E-state index contributed by atoms with van der Waals surface area (Å²) in [5.41, 5.74) is 3.15. The average Bonchev–Trinajstić information content (AvgIpc) is 3.43. The predicted molar refractivity (Wildman–Crippen MR) is 158 cm³/mol. The molecule has 9 nitrogen and oxygen atoms in total. The van der Waals surface area contributed by atoms with Crippen molar-refractivity contribution in [2.24, 2.45) is 0 Å². The van der Waals surface area contributed by atoms with Crippen molar-refractivity contribution in [3.63, 3.8) is 0 Å². The Morgan fingerprint density at radius 1 is 0.975 bits per heavy atom. The number of hydrogen-bond acceptors (Lipinski definition) is 5. The number of pyridine rings is 1. The molecule has 1 aliphatic heterocycles. The van der Waals surface area contributed by atoms with Gasteiger partial charge in [0.1, 0.15) is 11.5 Å². The first-order valence-corrected chi connectivity index (χ1v) is 13.4. The molecule has 9 heteroatoms. The van der Waals surface area contributed by atoms with Gasteiger partial charge in [-0.05, 0) is 61.9 Å². The van der Waals surface area contributed by atoms with Crippen LogP contribution in [0.5, 0.6) is 11.5 Å². The molecule has 0 saturated carbocycles. The Labute approximate surface area is 234 Å². The number of nitrogens with one attached hydrogen (secondary N) is 3. The molecule has 0 aliphatic carbocycles. The number of aryl methyl sites for hydroxylation is 1. The monoisotopic (exact) mass is 538 g/mol. The van der Waals surface area contributed by atoms with Gasteiger partial charge in [-0.25, -0.2) is 9.59 Å². The maximum atomic E-state index is 12.9. The second-order valence-corrected chi connectivity index (χ2v) is 9.93. The van der Waals surface area contributed by atoms with E-state index in [4.69, 9.17) is 4.74 Å². The van der Waals surface area contributed by atoms with Crippen molar-refractivity contribution in [1.29, 1.82) is 0 Å². The Kier molecular flexibility index (Phi) is 8.41. The zero-order chi connectivity index (χ0) is 27.9. The third-order valence-corrected chi connectivity index (χ3v) is 7.01. The highest BCUT2D eigenvalue weighted by Crippen LogP contribution is 2.24. The second kappa shape index (κ2) is 12.5. The molecule has 1 aliphatic rings. The maximum absolute atomic E-state index is 12.9. The number of rotatable bonds is 8. The van der Waals surface area contributed by atoms with Crippen LogP contribution < -0.4 is 20.7 Å². The molecule has 3 aromatic carbocycles. The van der Waals surface area contributed by atoms with E-state index in [2.05, 4.69) is 25.8 Å². The van der Waals surface area contributed by atoms with Crippen LogP contribution in [0, 0.1) is 6.92 Å². The highest BCUT2D eigenvalue weighted by molar-refractivity contribution is 6.00. The molecular formula is C31H34N6O3. The Morgan fingerprint density at radius 2 is 1.70 bits per heavy atom. The number of nitrogens with zero attached hydrogens (tertiary/aromatic N) is 3. The van der Waals surface area contributed by atoms with Gasteiger partial charge in [0.15, 0.2) is 0 Å². The van der Waals surface area contributed by atoms with Gasteiger partial charge in [0.25, 0.3) is 0 Å². The first-order valence-electron chi connectivity index (χ1n) is 13.4. The molecule has 0 bridgehead atoms. The minimum Gasteiger partial charge on any atom is -0.457 e. The number of likely N-dealkylation sites (tertiary alicyclic amines) is 1. The van der Waals surface area contributed by atoms with Crippen LogP contribution in [0.15, 0.2) is 84.9 Å². The van der Waals surface area contributed by atoms with Gasteiger partial charge in [-0.3, -0.25) is 9.88 Å². The summed E-state index contributed by atoms with van der Waals surface area (Å²) >= 11 is 0. The molecule has 5 rings (SSSR count). The standard InChI is InChI=1S/C31H34N6O3/c1-22-20-29(27-10-6-7-11-28(27)33-22)35-30(38)32-17-19-37-18-16-24(21-37)36(2)31(39)34-23-12-14-26(15-13-23)40-25-8-4-3-5-9-25/h3-15,20,24H,16-19,21H2,1-2H3,(H,34,39)(H2,32,33,35,38). The second-order valence-electron chi connectivity index (χ2n) is 9.93. The number of fused-ring (bicyclic) bond motifs is 1. The van der Waals surface area contributed by atoms with Gasteiger partial charge in [-0.1, -0.05) is 36.4 Å². The summed E-state index contributed by atoms with van der Waals surface area (Å²) in [5, 5.41) is 9.77. The Morgan fingerprint density at radius 3 is 2.50 bits per heavy atom. The fourth-order valence-corrected chi connectivity index (χ4v) is 4.85. The van der Waals surface area contributed by atoms with Gasteiger partial charge >= 0.3 is 12.1 Å². The summed E-state index contributed by atoms with van der Waals surface area (Å²) in [6.07, 6.45) is 0.877. The number of aromatic nitrogens is 1. The molecule has 1 atom stereocenters. The average molecular weight is 539 g/mol. The van der Waals surface area contributed by atoms with Gasteiger partial charge in [-0.15, -0.1) is 0 Å².